The largest absolute Gasteiger partial charge is 0.344 e. The highest BCUT2D eigenvalue weighted by Crippen LogP contribution is 2.30. The van der Waals surface area contributed by atoms with E-state index in [4.69, 9.17) is 0 Å². The van der Waals surface area contributed by atoms with E-state index in [0.29, 0.717) is 5.92 Å². The van der Waals surface area contributed by atoms with Crippen molar-refractivity contribution >= 4 is 27.0 Å². The summed E-state index contributed by atoms with van der Waals surface area (Å²) < 4.78 is 1.17. The Labute approximate surface area is 91.9 Å². The van der Waals surface area contributed by atoms with Gasteiger partial charge in [0.05, 0.1) is 0 Å². The molecule has 14 heavy (non-hydrogen) atoms. The van der Waals surface area contributed by atoms with Gasteiger partial charge in [0.25, 0.3) is 0 Å². The standard InChI is InChI=1S/C11H13BrN2/c1-6(2)9-5-13-11-8(10(9)12)4-7(3)14-11/h4-6H,1-3H3,(H,13,14). The summed E-state index contributed by atoms with van der Waals surface area (Å²) in [6.45, 7) is 6.39. The Hall–Kier alpha value is -0.830. The van der Waals surface area contributed by atoms with E-state index in [-0.39, 0.29) is 0 Å². The second-order valence-electron chi connectivity index (χ2n) is 3.90. The van der Waals surface area contributed by atoms with Crippen molar-refractivity contribution in [1.29, 1.82) is 0 Å². The molecule has 0 spiro atoms. The van der Waals surface area contributed by atoms with E-state index in [2.05, 4.69) is 45.8 Å². The first-order chi connectivity index (χ1) is 6.59. The second-order valence-corrected chi connectivity index (χ2v) is 4.69. The molecule has 0 atom stereocenters. The van der Waals surface area contributed by atoms with E-state index in [1.807, 2.05) is 13.1 Å². The maximum absolute atomic E-state index is 4.40. The first-order valence-electron chi connectivity index (χ1n) is 4.73. The van der Waals surface area contributed by atoms with Crippen LogP contribution in [-0.4, -0.2) is 9.97 Å². The van der Waals surface area contributed by atoms with Gasteiger partial charge in [-0.25, -0.2) is 4.98 Å². The average molecular weight is 253 g/mol. The summed E-state index contributed by atoms with van der Waals surface area (Å²) >= 11 is 3.64. The van der Waals surface area contributed by atoms with Crippen LogP contribution >= 0.6 is 15.9 Å². The van der Waals surface area contributed by atoms with Gasteiger partial charge >= 0.3 is 0 Å². The molecule has 0 aliphatic rings. The summed E-state index contributed by atoms with van der Waals surface area (Å²) in [5.41, 5.74) is 3.37. The number of pyridine rings is 1. The van der Waals surface area contributed by atoms with Crippen LogP contribution in [0, 0.1) is 6.92 Å². The summed E-state index contributed by atoms with van der Waals surface area (Å²) in [6, 6.07) is 2.12. The molecule has 0 saturated carbocycles. The monoisotopic (exact) mass is 252 g/mol. The SMILES string of the molecule is Cc1cc2c(Br)c(C(C)C)cnc2[nH]1. The maximum atomic E-state index is 4.40. The van der Waals surface area contributed by atoms with Crippen molar-refractivity contribution in [2.45, 2.75) is 26.7 Å². The predicted molar refractivity (Wildman–Crippen MR) is 62.6 cm³/mol. The van der Waals surface area contributed by atoms with E-state index in [9.17, 15) is 0 Å². The molecule has 0 bridgehead atoms. The Kier molecular flexibility index (Phi) is 2.35. The van der Waals surface area contributed by atoms with Gasteiger partial charge < -0.3 is 4.98 Å². The molecule has 2 aromatic rings. The molecule has 0 aliphatic heterocycles. The number of hydrogen-bond acceptors (Lipinski definition) is 1. The number of aromatic nitrogens is 2. The average Bonchev–Trinajstić information content (AvgIpc) is 2.46. The van der Waals surface area contributed by atoms with Gasteiger partial charge in [-0.05, 0) is 40.4 Å². The van der Waals surface area contributed by atoms with Gasteiger partial charge in [0.1, 0.15) is 5.65 Å². The fourth-order valence-electron chi connectivity index (χ4n) is 1.59. The zero-order chi connectivity index (χ0) is 10.3. The number of hydrogen-bond donors (Lipinski definition) is 1. The third-order valence-electron chi connectivity index (χ3n) is 2.38. The molecule has 74 valence electrons. The number of fused-ring (bicyclic) bond motifs is 1. The molecule has 0 fully saturated rings. The van der Waals surface area contributed by atoms with E-state index >= 15 is 0 Å². The number of halogens is 1. The maximum Gasteiger partial charge on any atom is 0.138 e. The highest BCUT2D eigenvalue weighted by Gasteiger charge is 2.10. The van der Waals surface area contributed by atoms with Crippen LogP contribution in [0.15, 0.2) is 16.7 Å². The van der Waals surface area contributed by atoms with Gasteiger partial charge in [-0.2, -0.15) is 0 Å². The number of aromatic amines is 1. The molecule has 2 nitrogen and oxygen atoms in total. The van der Waals surface area contributed by atoms with Crippen LogP contribution < -0.4 is 0 Å². The van der Waals surface area contributed by atoms with Crippen molar-refractivity contribution in [2.24, 2.45) is 0 Å². The predicted octanol–water partition coefficient (Wildman–Crippen LogP) is 3.76. The van der Waals surface area contributed by atoms with Gasteiger partial charge in [-0.15, -0.1) is 0 Å². The third kappa shape index (κ3) is 1.46. The van der Waals surface area contributed by atoms with Gasteiger partial charge in [0.2, 0.25) is 0 Å². The number of rotatable bonds is 1. The Morgan fingerprint density at radius 3 is 2.79 bits per heavy atom. The lowest BCUT2D eigenvalue weighted by Gasteiger charge is -2.07. The highest BCUT2D eigenvalue weighted by molar-refractivity contribution is 9.10. The minimum Gasteiger partial charge on any atom is -0.344 e. The highest BCUT2D eigenvalue weighted by atomic mass is 79.9. The van der Waals surface area contributed by atoms with E-state index < -0.39 is 0 Å². The summed E-state index contributed by atoms with van der Waals surface area (Å²) in [4.78, 5) is 7.62. The molecule has 2 heterocycles. The molecule has 0 amide bonds. The van der Waals surface area contributed by atoms with Crippen molar-refractivity contribution in [3.63, 3.8) is 0 Å². The fraction of sp³-hybridized carbons (Fsp3) is 0.364. The summed E-state index contributed by atoms with van der Waals surface area (Å²) in [5, 5.41) is 1.17. The van der Waals surface area contributed by atoms with Gasteiger partial charge in [0, 0.05) is 21.7 Å². The molecule has 0 saturated heterocycles. The van der Waals surface area contributed by atoms with Gasteiger partial charge in [-0.1, -0.05) is 13.8 Å². The van der Waals surface area contributed by atoms with E-state index in [1.54, 1.807) is 0 Å². The second kappa shape index (κ2) is 3.39. The fourth-order valence-corrected chi connectivity index (χ4v) is 2.46. The Morgan fingerprint density at radius 2 is 2.14 bits per heavy atom. The van der Waals surface area contributed by atoms with Gasteiger partial charge in [-0.3, -0.25) is 0 Å². The van der Waals surface area contributed by atoms with E-state index in [0.717, 1.165) is 11.3 Å². The number of H-pyrrole nitrogens is 1. The third-order valence-corrected chi connectivity index (χ3v) is 3.26. The molecule has 0 unspecified atom stereocenters. The van der Waals surface area contributed by atoms with Gasteiger partial charge in [0.15, 0.2) is 0 Å². The number of aryl methyl sites for hydroxylation is 1. The van der Waals surface area contributed by atoms with Crippen LogP contribution in [0.3, 0.4) is 0 Å². The molecule has 0 radical (unpaired) electrons. The van der Waals surface area contributed by atoms with Crippen molar-refractivity contribution in [2.75, 3.05) is 0 Å². The molecule has 1 N–H and O–H groups in total. The minimum atomic E-state index is 0.497. The molecular weight excluding hydrogens is 240 g/mol. The summed E-state index contributed by atoms with van der Waals surface area (Å²) in [5.74, 6) is 0.497. The molecule has 2 rings (SSSR count). The van der Waals surface area contributed by atoms with E-state index in [1.165, 1.54) is 15.4 Å². The van der Waals surface area contributed by atoms with Crippen molar-refractivity contribution in [3.05, 3.63) is 28.0 Å². The Bertz CT molecular complexity index is 471. The topological polar surface area (TPSA) is 28.7 Å². The lowest BCUT2D eigenvalue weighted by Crippen LogP contribution is -1.91. The quantitative estimate of drug-likeness (QED) is 0.823. The Morgan fingerprint density at radius 1 is 1.43 bits per heavy atom. The molecule has 0 aromatic carbocycles. The van der Waals surface area contributed by atoms with Crippen LogP contribution in [-0.2, 0) is 0 Å². The van der Waals surface area contributed by atoms with Crippen LogP contribution in [0.25, 0.3) is 11.0 Å². The molecule has 0 aliphatic carbocycles. The van der Waals surface area contributed by atoms with Crippen molar-refractivity contribution < 1.29 is 0 Å². The molecule has 2 aromatic heterocycles. The lowest BCUT2D eigenvalue weighted by molar-refractivity contribution is 0.856. The minimum absolute atomic E-state index is 0.497. The van der Waals surface area contributed by atoms with Crippen LogP contribution in [0.5, 0.6) is 0 Å². The zero-order valence-electron chi connectivity index (χ0n) is 8.56. The molecule has 3 heteroatoms. The first-order valence-corrected chi connectivity index (χ1v) is 5.52. The normalized spacial score (nSPS) is 11.5. The van der Waals surface area contributed by atoms with Crippen LogP contribution in [0.1, 0.15) is 31.0 Å². The number of nitrogens with one attached hydrogen (secondary N) is 1. The summed E-state index contributed by atoms with van der Waals surface area (Å²) in [7, 11) is 0. The molecular formula is C11H13BrN2. The van der Waals surface area contributed by atoms with Crippen molar-refractivity contribution in [1.82, 2.24) is 9.97 Å². The van der Waals surface area contributed by atoms with Crippen LogP contribution in [0.2, 0.25) is 0 Å². The summed E-state index contributed by atoms with van der Waals surface area (Å²) in [6.07, 6.45) is 1.94. The van der Waals surface area contributed by atoms with Crippen molar-refractivity contribution in [3.8, 4) is 0 Å². The lowest BCUT2D eigenvalue weighted by atomic mass is 10.1. The zero-order valence-corrected chi connectivity index (χ0v) is 10.1. The van der Waals surface area contributed by atoms with Crippen LogP contribution in [0.4, 0.5) is 0 Å². The Balaban J connectivity index is 2.74. The smallest absolute Gasteiger partial charge is 0.138 e. The number of nitrogens with zero attached hydrogens (tertiary/aromatic N) is 1. The first kappa shape index (κ1) is 9.71.